The van der Waals surface area contributed by atoms with Crippen molar-refractivity contribution in [1.29, 1.82) is 0 Å². The first kappa shape index (κ1) is 20.5. The van der Waals surface area contributed by atoms with E-state index in [0.29, 0.717) is 23.0 Å². The minimum absolute atomic E-state index is 0. The molecule has 2 saturated heterocycles. The number of pyridine rings is 1. The van der Waals surface area contributed by atoms with E-state index in [1.165, 1.54) is 17.5 Å². The average molecular weight is 430 g/mol. The average Bonchev–Trinajstić information content (AvgIpc) is 3.28. The lowest BCUT2D eigenvalue weighted by Gasteiger charge is -2.41. The van der Waals surface area contributed by atoms with E-state index in [4.69, 9.17) is 4.74 Å². The van der Waals surface area contributed by atoms with Crippen LogP contribution in [-0.4, -0.2) is 52.5 Å². The molecule has 0 amide bonds. The van der Waals surface area contributed by atoms with E-state index in [-0.39, 0.29) is 35.3 Å². The van der Waals surface area contributed by atoms with Crippen molar-refractivity contribution in [2.24, 2.45) is 0 Å². The zero-order valence-electron chi connectivity index (χ0n) is 16.8. The summed E-state index contributed by atoms with van der Waals surface area (Å²) in [7, 11) is 0. The number of nitrogens with zero attached hydrogens (tertiary/aromatic N) is 6. The Morgan fingerprint density at radius 2 is 1.93 bits per heavy atom. The molecule has 10 heteroatoms. The Balaban J connectivity index is 0.00000218. The summed E-state index contributed by atoms with van der Waals surface area (Å²) in [6, 6.07) is 5.11. The second kappa shape index (κ2) is 7.48. The first-order valence-electron chi connectivity index (χ1n) is 9.77. The smallest absolute Gasteiger partial charge is 0.233 e. The fourth-order valence-electron chi connectivity index (χ4n) is 4.66. The van der Waals surface area contributed by atoms with Gasteiger partial charge < -0.3 is 15.2 Å². The molecule has 3 aromatic rings. The fraction of sp³-hybridized carbons (Fsp3) is 0.450. The number of aromatic nitrogens is 6. The number of hydrogen-bond acceptors (Lipinski definition) is 8. The van der Waals surface area contributed by atoms with Gasteiger partial charge in [-0.15, -0.1) is 27.7 Å². The largest absolute Gasteiger partial charge is 0.506 e. The number of rotatable bonds is 4. The van der Waals surface area contributed by atoms with E-state index >= 15 is 0 Å². The molecule has 2 fully saturated rings. The van der Waals surface area contributed by atoms with Crippen molar-refractivity contribution in [2.45, 2.75) is 56.7 Å². The zero-order valence-corrected chi connectivity index (χ0v) is 17.6. The molecule has 5 rings (SSSR count). The molecule has 3 aromatic heterocycles. The monoisotopic (exact) mass is 429 g/mol. The Bertz CT molecular complexity index is 1010. The maximum absolute atomic E-state index is 10.4. The van der Waals surface area contributed by atoms with Crippen LogP contribution >= 0.6 is 12.4 Å². The standard InChI is InChI=1S/C20H23N7O2.ClH/c1-19-5-6-20(2,25-19)11-14(10-19)29-17-4-3-15(23-24-17)18-16(28)9-13(12-21-18)27-8-7-22-26-27;/h3-4,7-9,12,14,25,28H,5-6,10-11H2,1-2H3;1H/t14-,19+,20-;. The van der Waals surface area contributed by atoms with Gasteiger partial charge in [-0.1, -0.05) is 5.21 Å². The lowest BCUT2D eigenvalue weighted by Crippen LogP contribution is -2.56. The minimum atomic E-state index is -0.00301. The molecule has 2 aliphatic heterocycles. The Hall–Kier alpha value is -2.78. The zero-order chi connectivity index (χ0) is 20.1. The highest BCUT2D eigenvalue weighted by Crippen LogP contribution is 2.43. The number of aromatic hydroxyl groups is 1. The molecule has 2 bridgehead atoms. The van der Waals surface area contributed by atoms with Crippen LogP contribution in [-0.2, 0) is 0 Å². The molecular weight excluding hydrogens is 406 g/mol. The van der Waals surface area contributed by atoms with Crippen LogP contribution in [0.15, 0.2) is 36.8 Å². The molecule has 2 aliphatic rings. The number of ether oxygens (including phenoxy) is 1. The highest BCUT2D eigenvalue weighted by Gasteiger charge is 2.49. The van der Waals surface area contributed by atoms with Crippen LogP contribution in [0.1, 0.15) is 39.5 Å². The van der Waals surface area contributed by atoms with Gasteiger partial charge in [0.2, 0.25) is 5.88 Å². The normalized spacial score (nSPS) is 27.5. The molecule has 2 N–H and O–H groups in total. The van der Waals surface area contributed by atoms with Crippen LogP contribution in [0.25, 0.3) is 17.1 Å². The predicted molar refractivity (Wildman–Crippen MR) is 112 cm³/mol. The van der Waals surface area contributed by atoms with Crippen molar-refractivity contribution >= 4 is 12.4 Å². The minimum Gasteiger partial charge on any atom is -0.506 e. The van der Waals surface area contributed by atoms with Crippen molar-refractivity contribution in [3.8, 4) is 28.7 Å². The van der Waals surface area contributed by atoms with Gasteiger partial charge in [0.1, 0.15) is 23.2 Å². The Morgan fingerprint density at radius 1 is 1.17 bits per heavy atom. The number of piperidine rings is 1. The van der Waals surface area contributed by atoms with Crippen LogP contribution < -0.4 is 10.1 Å². The van der Waals surface area contributed by atoms with E-state index in [9.17, 15) is 5.11 Å². The maximum Gasteiger partial charge on any atom is 0.233 e. The number of nitrogens with one attached hydrogen (secondary N) is 1. The summed E-state index contributed by atoms with van der Waals surface area (Å²) in [5, 5.41) is 30.2. The number of fused-ring (bicyclic) bond motifs is 2. The number of halogens is 1. The van der Waals surface area contributed by atoms with Crippen LogP contribution in [0.5, 0.6) is 11.6 Å². The molecule has 0 saturated carbocycles. The predicted octanol–water partition coefficient (Wildman–Crippen LogP) is 2.69. The molecule has 9 nitrogen and oxygen atoms in total. The first-order chi connectivity index (χ1) is 13.9. The summed E-state index contributed by atoms with van der Waals surface area (Å²) in [5.74, 6) is 0.489. The molecule has 3 atom stereocenters. The van der Waals surface area contributed by atoms with Gasteiger partial charge in [-0.05, 0) is 32.8 Å². The van der Waals surface area contributed by atoms with E-state index in [1.807, 2.05) is 0 Å². The van der Waals surface area contributed by atoms with Crippen molar-refractivity contribution in [2.75, 3.05) is 0 Å². The highest BCUT2D eigenvalue weighted by molar-refractivity contribution is 5.85. The SMILES string of the molecule is C[C@]12CC[C@](C)(C[C@H](Oc3ccc(-c4ncc(-n5ccnn5)cc4O)nn3)C1)N2.Cl. The molecule has 0 unspecified atom stereocenters. The van der Waals surface area contributed by atoms with Crippen LogP contribution in [0.2, 0.25) is 0 Å². The van der Waals surface area contributed by atoms with Crippen LogP contribution in [0.4, 0.5) is 0 Å². The topological polar surface area (TPSA) is 111 Å². The lowest BCUT2D eigenvalue weighted by molar-refractivity contribution is 0.0754. The molecule has 0 radical (unpaired) electrons. The second-order valence-electron chi connectivity index (χ2n) is 8.56. The van der Waals surface area contributed by atoms with E-state index in [2.05, 4.69) is 44.7 Å². The quantitative estimate of drug-likeness (QED) is 0.651. The first-order valence-corrected chi connectivity index (χ1v) is 9.77. The lowest BCUT2D eigenvalue weighted by atomic mass is 9.86. The molecule has 30 heavy (non-hydrogen) atoms. The van der Waals surface area contributed by atoms with E-state index in [1.54, 1.807) is 36.8 Å². The van der Waals surface area contributed by atoms with E-state index < -0.39 is 0 Å². The highest BCUT2D eigenvalue weighted by atomic mass is 35.5. The van der Waals surface area contributed by atoms with Gasteiger partial charge in [-0.25, -0.2) is 9.67 Å². The van der Waals surface area contributed by atoms with Crippen LogP contribution in [0.3, 0.4) is 0 Å². The number of hydrogen-bond donors (Lipinski definition) is 2. The van der Waals surface area contributed by atoms with Gasteiger partial charge in [0.05, 0.1) is 24.3 Å². The van der Waals surface area contributed by atoms with Gasteiger partial charge >= 0.3 is 0 Å². The summed E-state index contributed by atoms with van der Waals surface area (Å²) in [6.07, 6.45) is 9.20. The third-order valence-corrected chi connectivity index (χ3v) is 5.90. The van der Waals surface area contributed by atoms with Gasteiger partial charge in [0.15, 0.2) is 0 Å². The Morgan fingerprint density at radius 3 is 2.53 bits per heavy atom. The molecule has 5 heterocycles. The van der Waals surface area contributed by atoms with Crippen molar-refractivity contribution in [1.82, 2.24) is 35.5 Å². The van der Waals surface area contributed by atoms with Gasteiger partial charge in [-0.3, -0.25) is 0 Å². The summed E-state index contributed by atoms with van der Waals surface area (Å²) in [6.45, 7) is 4.53. The van der Waals surface area contributed by atoms with Crippen molar-refractivity contribution < 1.29 is 9.84 Å². The Kier molecular flexibility index (Phi) is 5.11. The van der Waals surface area contributed by atoms with Crippen molar-refractivity contribution in [3.05, 3.63) is 36.8 Å². The second-order valence-corrected chi connectivity index (χ2v) is 8.56. The third kappa shape index (κ3) is 3.82. The molecular formula is C20H24ClN7O2. The summed E-state index contributed by atoms with van der Waals surface area (Å²) >= 11 is 0. The summed E-state index contributed by atoms with van der Waals surface area (Å²) in [4.78, 5) is 4.31. The summed E-state index contributed by atoms with van der Waals surface area (Å²) < 4.78 is 7.66. The molecule has 158 valence electrons. The van der Waals surface area contributed by atoms with Gasteiger partial charge in [-0.2, -0.15) is 0 Å². The molecule has 0 aromatic carbocycles. The fourth-order valence-corrected chi connectivity index (χ4v) is 4.66. The third-order valence-electron chi connectivity index (χ3n) is 5.90. The van der Waals surface area contributed by atoms with Crippen LogP contribution in [0, 0.1) is 0 Å². The van der Waals surface area contributed by atoms with Gasteiger partial charge in [0.25, 0.3) is 0 Å². The van der Waals surface area contributed by atoms with E-state index in [0.717, 1.165) is 12.8 Å². The molecule has 0 aliphatic carbocycles. The summed E-state index contributed by atoms with van der Waals surface area (Å²) in [5.41, 5.74) is 1.70. The van der Waals surface area contributed by atoms with Gasteiger partial charge in [0, 0.05) is 36.1 Å². The molecule has 0 spiro atoms. The Labute approximate surface area is 180 Å². The van der Waals surface area contributed by atoms with Crippen molar-refractivity contribution in [3.63, 3.8) is 0 Å². The maximum atomic E-state index is 10.4.